The zero-order valence-electron chi connectivity index (χ0n) is 11.4. The molecule has 0 aromatic rings. The fourth-order valence-electron chi connectivity index (χ4n) is 1.79. The maximum Gasteiger partial charge on any atom is 0.305 e. The number of esters is 1. The third kappa shape index (κ3) is 11.4. The first kappa shape index (κ1) is 16.9. The highest BCUT2D eigenvalue weighted by Gasteiger charge is 2.00. The maximum atomic E-state index is 10.8. The van der Waals surface area contributed by atoms with E-state index in [2.05, 4.69) is 10.2 Å². The molecule has 0 unspecified atom stereocenters. The van der Waals surface area contributed by atoms with E-state index in [1.807, 2.05) is 0 Å². The van der Waals surface area contributed by atoms with E-state index in [-0.39, 0.29) is 11.9 Å². The van der Waals surface area contributed by atoms with Crippen molar-refractivity contribution < 1.29 is 14.3 Å². The van der Waals surface area contributed by atoms with Crippen LogP contribution in [0.15, 0.2) is 0 Å². The summed E-state index contributed by atoms with van der Waals surface area (Å²) in [5, 5.41) is 0. The molecule has 0 aliphatic heterocycles. The molecule has 3 N–H and O–H groups in total. The number of nitrogens with two attached hydrogens (primary N) is 1. The van der Waals surface area contributed by atoms with E-state index in [1.165, 1.54) is 26.4 Å². The monoisotopic (exact) mass is 258 g/mol. The summed E-state index contributed by atoms with van der Waals surface area (Å²) in [7, 11) is 1.42. The molecule has 0 aliphatic rings. The Hall–Kier alpha value is -1.10. The summed E-state index contributed by atoms with van der Waals surface area (Å²) in [6.45, 7) is 0. The number of unbranched alkanes of at least 4 members (excludes halogenated alkanes) is 7. The Morgan fingerprint density at radius 2 is 1.33 bits per heavy atom. The highest BCUT2D eigenvalue weighted by molar-refractivity contribution is 5.75. The van der Waals surface area contributed by atoms with Gasteiger partial charge in [-0.15, -0.1) is 0 Å². The largest absolute Gasteiger partial charge is 0.469 e. The maximum absolute atomic E-state index is 10.8. The Kier molecular flexibility index (Phi) is 11.6. The molecule has 0 atom stereocenters. The van der Waals surface area contributed by atoms with E-state index in [4.69, 9.17) is 5.84 Å². The summed E-state index contributed by atoms with van der Waals surface area (Å²) < 4.78 is 4.57. The van der Waals surface area contributed by atoms with Gasteiger partial charge in [0.15, 0.2) is 0 Å². The minimum Gasteiger partial charge on any atom is -0.469 e. The van der Waals surface area contributed by atoms with E-state index in [9.17, 15) is 9.59 Å². The molecule has 0 bridgehead atoms. The molecule has 5 nitrogen and oxygen atoms in total. The average Bonchev–Trinajstić information content (AvgIpc) is 2.40. The van der Waals surface area contributed by atoms with Crippen LogP contribution in [0, 0.1) is 0 Å². The van der Waals surface area contributed by atoms with Crippen LogP contribution in [0.2, 0.25) is 0 Å². The Morgan fingerprint density at radius 1 is 0.889 bits per heavy atom. The van der Waals surface area contributed by atoms with Crippen molar-refractivity contribution in [2.75, 3.05) is 7.11 Å². The Morgan fingerprint density at radius 3 is 1.78 bits per heavy atom. The van der Waals surface area contributed by atoms with E-state index < -0.39 is 0 Å². The number of hydrazine groups is 1. The van der Waals surface area contributed by atoms with Crippen molar-refractivity contribution in [1.82, 2.24) is 5.43 Å². The first-order valence-corrected chi connectivity index (χ1v) is 6.77. The third-order valence-corrected chi connectivity index (χ3v) is 2.92. The highest BCUT2D eigenvalue weighted by Crippen LogP contribution is 2.10. The molecule has 0 saturated carbocycles. The number of amides is 1. The number of hydrogen-bond donors (Lipinski definition) is 2. The van der Waals surface area contributed by atoms with Crippen LogP contribution in [0.3, 0.4) is 0 Å². The summed E-state index contributed by atoms with van der Waals surface area (Å²) in [6.07, 6.45) is 9.77. The predicted molar refractivity (Wildman–Crippen MR) is 70.5 cm³/mol. The number of methoxy groups -OCH3 is 1. The van der Waals surface area contributed by atoms with E-state index in [0.717, 1.165) is 32.1 Å². The first-order valence-electron chi connectivity index (χ1n) is 6.77. The molecule has 0 fully saturated rings. The molecule has 0 spiro atoms. The molecule has 5 heteroatoms. The van der Waals surface area contributed by atoms with E-state index in [0.29, 0.717) is 12.8 Å². The summed E-state index contributed by atoms with van der Waals surface area (Å²) in [5.41, 5.74) is 2.13. The summed E-state index contributed by atoms with van der Waals surface area (Å²) in [4.78, 5) is 21.7. The predicted octanol–water partition coefficient (Wildman–Crippen LogP) is 2.05. The molecule has 0 rings (SSSR count). The second-order valence-electron chi connectivity index (χ2n) is 4.47. The van der Waals surface area contributed by atoms with Crippen LogP contribution in [0.1, 0.15) is 64.2 Å². The van der Waals surface area contributed by atoms with Crippen LogP contribution in [-0.2, 0) is 14.3 Å². The van der Waals surface area contributed by atoms with Crippen molar-refractivity contribution >= 4 is 11.9 Å². The summed E-state index contributed by atoms with van der Waals surface area (Å²) in [5.74, 6) is 4.78. The molecule has 0 saturated heterocycles. The van der Waals surface area contributed by atoms with Crippen molar-refractivity contribution in [2.45, 2.75) is 64.2 Å². The molecule has 18 heavy (non-hydrogen) atoms. The standard InChI is InChI=1S/C13H26N2O3/c1-18-13(17)11-9-7-5-3-2-4-6-8-10-12(16)15-14/h2-11,14H2,1H3,(H,15,16). The fraction of sp³-hybridized carbons (Fsp3) is 0.846. The third-order valence-electron chi connectivity index (χ3n) is 2.92. The fourth-order valence-corrected chi connectivity index (χ4v) is 1.79. The Labute approximate surface area is 109 Å². The molecular formula is C13H26N2O3. The van der Waals surface area contributed by atoms with Gasteiger partial charge in [-0.05, 0) is 12.8 Å². The Bertz CT molecular complexity index is 208. The molecule has 106 valence electrons. The molecular weight excluding hydrogens is 232 g/mol. The lowest BCUT2D eigenvalue weighted by Crippen LogP contribution is -2.29. The van der Waals surface area contributed by atoms with Gasteiger partial charge >= 0.3 is 5.97 Å². The lowest BCUT2D eigenvalue weighted by atomic mass is 10.1. The number of nitrogens with one attached hydrogen (secondary N) is 1. The number of hydrogen-bond acceptors (Lipinski definition) is 4. The quantitative estimate of drug-likeness (QED) is 0.195. The topological polar surface area (TPSA) is 81.4 Å². The van der Waals surface area contributed by atoms with Crippen molar-refractivity contribution in [3.8, 4) is 0 Å². The number of ether oxygens (including phenoxy) is 1. The van der Waals surface area contributed by atoms with Gasteiger partial charge in [0.2, 0.25) is 5.91 Å². The van der Waals surface area contributed by atoms with E-state index >= 15 is 0 Å². The van der Waals surface area contributed by atoms with Gasteiger partial charge in [-0.25, -0.2) is 5.84 Å². The van der Waals surface area contributed by atoms with Gasteiger partial charge in [-0.2, -0.15) is 0 Å². The normalized spacial score (nSPS) is 10.1. The summed E-state index contributed by atoms with van der Waals surface area (Å²) >= 11 is 0. The van der Waals surface area contributed by atoms with Crippen LogP contribution in [-0.4, -0.2) is 19.0 Å². The van der Waals surface area contributed by atoms with Crippen LogP contribution in [0.25, 0.3) is 0 Å². The number of carbonyl (C=O) groups excluding carboxylic acids is 2. The zero-order chi connectivity index (χ0) is 13.6. The van der Waals surface area contributed by atoms with Crippen molar-refractivity contribution in [3.63, 3.8) is 0 Å². The van der Waals surface area contributed by atoms with Gasteiger partial charge in [-0.3, -0.25) is 15.0 Å². The minimum absolute atomic E-state index is 0.0854. The Balaban J connectivity index is 3.07. The first-order chi connectivity index (χ1) is 8.70. The molecule has 1 amide bonds. The van der Waals surface area contributed by atoms with Crippen molar-refractivity contribution in [2.24, 2.45) is 5.84 Å². The van der Waals surface area contributed by atoms with Gasteiger partial charge in [-0.1, -0.05) is 38.5 Å². The van der Waals surface area contributed by atoms with Crippen LogP contribution in [0.4, 0.5) is 0 Å². The average molecular weight is 258 g/mol. The summed E-state index contributed by atoms with van der Waals surface area (Å²) in [6, 6.07) is 0. The van der Waals surface area contributed by atoms with Crippen LogP contribution < -0.4 is 11.3 Å². The van der Waals surface area contributed by atoms with Gasteiger partial charge in [0.1, 0.15) is 0 Å². The number of carbonyl (C=O) groups is 2. The van der Waals surface area contributed by atoms with Gasteiger partial charge in [0, 0.05) is 12.8 Å². The second-order valence-corrected chi connectivity index (χ2v) is 4.47. The van der Waals surface area contributed by atoms with Crippen molar-refractivity contribution in [3.05, 3.63) is 0 Å². The van der Waals surface area contributed by atoms with Crippen LogP contribution >= 0.6 is 0 Å². The molecule has 0 aromatic carbocycles. The minimum atomic E-state index is -0.117. The highest BCUT2D eigenvalue weighted by atomic mass is 16.5. The van der Waals surface area contributed by atoms with Crippen LogP contribution in [0.5, 0.6) is 0 Å². The lowest BCUT2D eigenvalue weighted by molar-refractivity contribution is -0.140. The second kappa shape index (κ2) is 12.4. The zero-order valence-corrected chi connectivity index (χ0v) is 11.4. The van der Waals surface area contributed by atoms with E-state index in [1.54, 1.807) is 0 Å². The molecule has 0 aliphatic carbocycles. The van der Waals surface area contributed by atoms with Gasteiger partial charge < -0.3 is 4.74 Å². The number of rotatable bonds is 11. The van der Waals surface area contributed by atoms with Crippen molar-refractivity contribution in [1.29, 1.82) is 0 Å². The molecule has 0 aromatic heterocycles. The van der Waals surface area contributed by atoms with Gasteiger partial charge in [0.05, 0.1) is 7.11 Å². The SMILES string of the molecule is COC(=O)CCCCCCCCCCC(=O)NN. The smallest absolute Gasteiger partial charge is 0.305 e. The molecule has 0 heterocycles. The van der Waals surface area contributed by atoms with Gasteiger partial charge in [0.25, 0.3) is 0 Å². The molecule has 0 radical (unpaired) electrons. The lowest BCUT2D eigenvalue weighted by Gasteiger charge is -2.02.